The fraction of sp³-hybridized carbons (Fsp3) is 0.857. The number of primary amides is 1. The van der Waals surface area contributed by atoms with Gasteiger partial charge in [-0.25, -0.2) is 0 Å². The van der Waals surface area contributed by atoms with Gasteiger partial charge in [-0.1, -0.05) is 19.8 Å². The molecule has 0 heterocycles. The van der Waals surface area contributed by atoms with Gasteiger partial charge in [-0.15, -0.1) is 0 Å². The molecule has 0 aromatic heterocycles. The Bertz CT molecular complexity index is 112. The van der Waals surface area contributed by atoms with Crippen molar-refractivity contribution in [3.63, 3.8) is 0 Å². The molecule has 0 aliphatic carbocycles. The first kappa shape index (κ1) is 18.4. The Morgan fingerprint density at radius 1 is 1.42 bits per heavy atom. The van der Waals surface area contributed by atoms with Crippen LogP contribution in [0.3, 0.4) is 0 Å². The van der Waals surface area contributed by atoms with E-state index in [1.807, 2.05) is 0 Å². The van der Waals surface area contributed by atoms with Gasteiger partial charge in [0.25, 0.3) is 0 Å². The second-order valence-electron chi connectivity index (χ2n) is 2.57. The SMILES string of the molecule is CCCCC(N)CC(N)=O.[LiH].[LiH]. The molecule has 0 fully saturated rings. The second-order valence-corrected chi connectivity index (χ2v) is 2.57. The zero-order valence-corrected chi connectivity index (χ0v) is 6.47. The summed E-state index contributed by atoms with van der Waals surface area (Å²) < 4.78 is 0. The van der Waals surface area contributed by atoms with Crippen LogP contribution in [0, 0.1) is 0 Å². The standard InChI is InChI=1S/C7H16N2O.2Li.2H/c1-2-3-4-6(8)5-7(9)10;;;;/h6H,2-5,8H2,1H3,(H2,9,10);;;;. The maximum atomic E-state index is 10.3. The average molecular weight is 160 g/mol. The summed E-state index contributed by atoms with van der Waals surface area (Å²) in [6.45, 7) is 2.09. The minimum absolute atomic E-state index is 0. The van der Waals surface area contributed by atoms with Gasteiger partial charge in [0.05, 0.1) is 0 Å². The number of carbonyl (C=O) groups excluding carboxylic acids is 1. The number of amides is 1. The first-order valence-electron chi connectivity index (χ1n) is 3.70. The fourth-order valence-corrected chi connectivity index (χ4v) is 0.827. The Morgan fingerprint density at radius 2 is 1.92 bits per heavy atom. The molecule has 0 rings (SSSR count). The van der Waals surface area contributed by atoms with Gasteiger partial charge in [0.1, 0.15) is 0 Å². The summed E-state index contributed by atoms with van der Waals surface area (Å²) in [6, 6.07) is -0.0301. The quantitative estimate of drug-likeness (QED) is 0.511. The molecule has 0 aromatic rings. The van der Waals surface area contributed by atoms with Gasteiger partial charge in [0, 0.05) is 12.5 Å². The molecule has 0 aromatic carbocycles. The third-order valence-electron chi connectivity index (χ3n) is 1.39. The molecule has 0 spiro atoms. The van der Waals surface area contributed by atoms with Crippen LogP contribution >= 0.6 is 0 Å². The van der Waals surface area contributed by atoms with E-state index in [0.717, 1.165) is 19.3 Å². The maximum absolute atomic E-state index is 10.3. The summed E-state index contributed by atoms with van der Waals surface area (Å²) in [5, 5.41) is 0. The van der Waals surface area contributed by atoms with Crippen LogP contribution in [-0.4, -0.2) is 49.7 Å². The summed E-state index contributed by atoms with van der Waals surface area (Å²) in [5.41, 5.74) is 10.5. The summed E-state index contributed by atoms with van der Waals surface area (Å²) in [4.78, 5) is 10.3. The normalized spacial score (nSPS) is 10.8. The zero-order valence-electron chi connectivity index (χ0n) is 6.47. The molecule has 0 aliphatic rings. The van der Waals surface area contributed by atoms with Crippen LogP contribution in [0.25, 0.3) is 0 Å². The van der Waals surface area contributed by atoms with Gasteiger partial charge in [0.2, 0.25) is 5.91 Å². The Hall–Kier alpha value is 0.625. The van der Waals surface area contributed by atoms with E-state index < -0.39 is 0 Å². The van der Waals surface area contributed by atoms with Crippen LogP contribution in [0.5, 0.6) is 0 Å². The molecule has 1 atom stereocenters. The van der Waals surface area contributed by atoms with Crippen molar-refractivity contribution in [2.24, 2.45) is 11.5 Å². The zero-order chi connectivity index (χ0) is 7.98. The third kappa shape index (κ3) is 13.2. The van der Waals surface area contributed by atoms with Gasteiger partial charge in [-0.05, 0) is 6.42 Å². The van der Waals surface area contributed by atoms with Crippen molar-refractivity contribution >= 4 is 43.6 Å². The molecule has 0 bridgehead atoms. The average Bonchev–Trinajstić information content (AvgIpc) is 1.82. The number of nitrogens with two attached hydrogens (primary N) is 2. The van der Waals surface area contributed by atoms with E-state index in [4.69, 9.17) is 11.5 Å². The predicted molar refractivity (Wildman–Crippen MR) is 55.6 cm³/mol. The van der Waals surface area contributed by atoms with Gasteiger partial charge in [0.15, 0.2) is 0 Å². The molecule has 1 unspecified atom stereocenters. The van der Waals surface area contributed by atoms with Crippen molar-refractivity contribution in [2.75, 3.05) is 0 Å². The topological polar surface area (TPSA) is 69.1 Å². The fourth-order valence-electron chi connectivity index (χ4n) is 0.827. The van der Waals surface area contributed by atoms with Crippen molar-refractivity contribution in [1.82, 2.24) is 0 Å². The first-order chi connectivity index (χ1) is 4.66. The summed E-state index contributed by atoms with van der Waals surface area (Å²) in [5.74, 6) is -0.302. The van der Waals surface area contributed by atoms with Gasteiger partial charge in [-0.2, -0.15) is 0 Å². The van der Waals surface area contributed by atoms with Gasteiger partial charge < -0.3 is 11.5 Å². The Kier molecular flexibility index (Phi) is 17.8. The van der Waals surface area contributed by atoms with Crippen LogP contribution in [0.15, 0.2) is 0 Å². The number of rotatable bonds is 5. The van der Waals surface area contributed by atoms with Crippen LogP contribution < -0.4 is 11.5 Å². The van der Waals surface area contributed by atoms with Crippen molar-refractivity contribution in [1.29, 1.82) is 0 Å². The molecule has 4 N–H and O–H groups in total. The number of unbranched alkanes of at least 4 members (excludes halogenated alkanes) is 1. The van der Waals surface area contributed by atoms with E-state index in [2.05, 4.69) is 6.92 Å². The van der Waals surface area contributed by atoms with E-state index in [-0.39, 0.29) is 49.7 Å². The Labute approximate surface area is 98.4 Å². The molecule has 3 nitrogen and oxygen atoms in total. The van der Waals surface area contributed by atoms with Crippen molar-refractivity contribution < 1.29 is 4.79 Å². The molecule has 1 amide bonds. The molecule has 0 saturated carbocycles. The molecule has 0 radical (unpaired) electrons. The number of hydrogen-bond acceptors (Lipinski definition) is 2. The van der Waals surface area contributed by atoms with E-state index in [1.165, 1.54) is 0 Å². The van der Waals surface area contributed by atoms with Crippen LogP contribution in [0.4, 0.5) is 0 Å². The summed E-state index contributed by atoms with van der Waals surface area (Å²) in [6.07, 6.45) is 3.42. The van der Waals surface area contributed by atoms with E-state index >= 15 is 0 Å². The molecule has 5 heteroatoms. The molecule has 64 valence electrons. The Morgan fingerprint density at radius 3 is 2.25 bits per heavy atom. The molecular weight excluding hydrogens is 142 g/mol. The number of carbonyl (C=O) groups is 1. The molecule has 0 aliphatic heterocycles. The third-order valence-corrected chi connectivity index (χ3v) is 1.39. The Balaban J connectivity index is -0.000000405. The molecular formula is C7H18Li2N2O. The number of hydrogen-bond donors (Lipinski definition) is 2. The van der Waals surface area contributed by atoms with E-state index in [9.17, 15) is 4.79 Å². The second kappa shape index (κ2) is 11.6. The van der Waals surface area contributed by atoms with Gasteiger partial charge in [-0.3, -0.25) is 4.79 Å². The van der Waals surface area contributed by atoms with Crippen molar-refractivity contribution in [3.8, 4) is 0 Å². The molecule has 0 saturated heterocycles. The minimum atomic E-state index is -0.302. The van der Waals surface area contributed by atoms with Crippen LogP contribution in [-0.2, 0) is 4.79 Å². The van der Waals surface area contributed by atoms with Gasteiger partial charge >= 0.3 is 37.7 Å². The first-order valence-corrected chi connectivity index (χ1v) is 3.70. The van der Waals surface area contributed by atoms with E-state index in [1.54, 1.807) is 0 Å². The predicted octanol–water partition coefficient (Wildman–Crippen LogP) is -0.918. The molecule has 12 heavy (non-hydrogen) atoms. The van der Waals surface area contributed by atoms with E-state index in [0.29, 0.717) is 6.42 Å². The van der Waals surface area contributed by atoms with Crippen LogP contribution in [0.2, 0.25) is 0 Å². The van der Waals surface area contributed by atoms with Crippen molar-refractivity contribution in [2.45, 2.75) is 38.6 Å². The van der Waals surface area contributed by atoms with Crippen LogP contribution in [0.1, 0.15) is 32.6 Å². The summed E-state index contributed by atoms with van der Waals surface area (Å²) in [7, 11) is 0. The summed E-state index contributed by atoms with van der Waals surface area (Å²) >= 11 is 0. The monoisotopic (exact) mass is 160 g/mol. The van der Waals surface area contributed by atoms with Crippen molar-refractivity contribution in [3.05, 3.63) is 0 Å².